The molecule has 0 spiro atoms. The Bertz CT molecular complexity index is 864. The molecule has 0 radical (unpaired) electrons. The van der Waals surface area contributed by atoms with Crippen molar-refractivity contribution >= 4 is 23.2 Å². The molecule has 1 fully saturated rings. The SMILES string of the molecule is CN(CCOc1ccc(Cl)cc1)CC1CCc2ccccc2N1C(=O)C1CCCCC1. The van der Waals surface area contributed by atoms with E-state index in [1.54, 1.807) is 0 Å². The number of carbonyl (C=O) groups is 1. The summed E-state index contributed by atoms with van der Waals surface area (Å²) in [6.07, 6.45) is 7.74. The highest BCUT2D eigenvalue weighted by Crippen LogP contribution is 2.35. The van der Waals surface area contributed by atoms with E-state index in [0.29, 0.717) is 17.5 Å². The number of aryl methyl sites for hydroxylation is 1. The van der Waals surface area contributed by atoms with E-state index in [9.17, 15) is 4.79 Å². The van der Waals surface area contributed by atoms with Crippen LogP contribution in [0.15, 0.2) is 48.5 Å². The van der Waals surface area contributed by atoms with Crippen molar-refractivity contribution in [2.75, 3.05) is 31.6 Å². The summed E-state index contributed by atoms with van der Waals surface area (Å²) >= 11 is 5.94. The maximum atomic E-state index is 13.6. The van der Waals surface area contributed by atoms with Crippen molar-refractivity contribution in [3.63, 3.8) is 0 Å². The van der Waals surface area contributed by atoms with Crippen LogP contribution in [-0.2, 0) is 11.2 Å². The molecule has 0 N–H and O–H groups in total. The molecule has 1 saturated carbocycles. The van der Waals surface area contributed by atoms with Gasteiger partial charge in [-0.05, 0) is 68.6 Å². The molecule has 1 aliphatic heterocycles. The molecule has 1 amide bonds. The average molecular weight is 441 g/mol. The molecule has 1 atom stereocenters. The Kier molecular flexibility index (Phi) is 7.52. The Hall–Kier alpha value is -2.04. The van der Waals surface area contributed by atoms with Crippen LogP contribution < -0.4 is 9.64 Å². The minimum atomic E-state index is 0.181. The first-order chi connectivity index (χ1) is 15.1. The number of hydrogen-bond donors (Lipinski definition) is 0. The topological polar surface area (TPSA) is 32.8 Å². The maximum Gasteiger partial charge on any atom is 0.230 e. The van der Waals surface area contributed by atoms with Crippen molar-refractivity contribution in [3.8, 4) is 5.75 Å². The van der Waals surface area contributed by atoms with Gasteiger partial charge in [-0.1, -0.05) is 49.1 Å². The summed E-state index contributed by atoms with van der Waals surface area (Å²) in [5, 5.41) is 0.713. The molecule has 5 heteroatoms. The first-order valence-corrected chi connectivity index (χ1v) is 12.0. The monoisotopic (exact) mass is 440 g/mol. The molecule has 1 aliphatic carbocycles. The third kappa shape index (κ3) is 5.61. The standard InChI is InChI=1S/C26H33ClN2O2/c1-28(17-18-31-24-15-12-22(27)13-16-24)19-23-14-11-20-7-5-6-10-25(20)29(23)26(30)21-8-3-2-4-9-21/h5-7,10,12-13,15-16,21,23H,2-4,8-9,11,14,17-19H2,1H3. The van der Waals surface area contributed by atoms with Gasteiger partial charge in [-0.2, -0.15) is 0 Å². The Balaban J connectivity index is 1.40. The van der Waals surface area contributed by atoms with Gasteiger partial charge in [0.05, 0.1) is 0 Å². The number of halogens is 1. The van der Waals surface area contributed by atoms with Crippen molar-refractivity contribution < 1.29 is 9.53 Å². The van der Waals surface area contributed by atoms with Crippen LogP contribution in [0.25, 0.3) is 0 Å². The van der Waals surface area contributed by atoms with Crippen LogP contribution in [0.4, 0.5) is 5.69 Å². The lowest BCUT2D eigenvalue weighted by molar-refractivity contribution is -0.124. The van der Waals surface area contributed by atoms with Crippen molar-refractivity contribution in [3.05, 3.63) is 59.1 Å². The summed E-state index contributed by atoms with van der Waals surface area (Å²) in [7, 11) is 2.12. The lowest BCUT2D eigenvalue weighted by Gasteiger charge is -2.41. The quantitative estimate of drug-likeness (QED) is 0.563. The van der Waals surface area contributed by atoms with Gasteiger partial charge in [0, 0.05) is 35.8 Å². The summed E-state index contributed by atoms with van der Waals surface area (Å²) < 4.78 is 5.87. The van der Waals surface area contributed by atoms with E-state index >= 15 is 0 Å². The molecular weight excluding hydrogens is 408 g/mol. The van der Waals surface area contributed by atoms with Crippen molar-refractivity contribution in [2.45, 2.75) is 51.0 Å². The molecule has 1 heterocycles. The van der Waals surface area contributed by atoms with Crippen molar-refractivity contribution in [1.29, 1.82) is 0 Å². The fraction of sp³-hybridized carbons (Fsp3) is 0.500. The summed E-state index contributed by atoms with van der Waals surface area (Å²) in [5.41, 5.74) is 2.43. The van der Waals surface area contributed by atoms with Crippen LogP contribution in [0.5, 0.6) is 5.75 Å². The molecule has 2 aromatic rings. The summed E-state index contributed by atoms with van der Waals surface area (Å²) in [6, 6.07) is 16.1. The molecular formula is C26H33ClN2O2. The second-order valence-corrected chi connectivity index (χ2v) is 9.37. The van der Waals surface area contributed by atoms with Gasteiger partial charge in [0.25, 0.3) is 0 Å². The number of ether oxygens (including phenoxy) is 1. The van der Waals surface area contributed by atoms with Crippen LogP contribution in [0, 0.1) is 5.92 Å². The fourth-order valence-electron chi connectivity index (χ4n) is 4.92. The molecule has 4 rings (SSSR count). The van der Waals surface area contributed by atoms with Gasteiger partial charge in [-0.15, -0.1) is 0 Å². The second kappa shape index (κ2) is 10.5. The third-order valence-corrected chi connectivity index (χ3v) is 6.88. The highest BCUT2D eigenvalue weighted by molar-refractivity contribution is 6.30. The molecule has 1 unspecified atom stereocenters. The van der Waals surface area contributed by atoms with Gasteiger partial charge < -0.3 is 14.5 Å². The number of hydrogen-bond acceptors (Lipinski definition) is 3. The Labute approximate surface area is 191 Å². The number of amides is 1. The summed E-state index contributed by atoms with van der Waals surface area (Å²) in [4.78, 5) is 18.0. The van der Waals surface area contributed by atoms with Gasteiger partial charge in [0.15, 0.2) is 0 Å². The predicted octanol–water partition coefficient (Wildman–Crippen LogP) is 5.58. The molecule has 2 aromatic carbocycles. The Morgan fingerprint density at radius 2 is 1.81 bits per heavy atom. The predicted molar refractivity (Wildman–Crippen MR) is 127 cm³/mol. The number of rotatable bonds is 7. The highest BCUT2D eigenvalue weighted by atomic mass is 35.5. The molecule has 4 nitrogen and oxygen atoms in total. The van der Waals surface area contributed by atoms with Gasteiger partial charge in [0.2, 0.25) is 5.91 Å². The van der Waals surface area contributed by atoms with Crippen LogP contribution in [0.1, 0.15) is 44.1 Å². The fourth-order valence-corrected chi connectivity index (χ4v) is 5.05. The van der Waals surface area contributed by atoms with E-state index in [-0.39, 0.29) is 12.0 Å². The summed E-state index contributed by atoms with van der Waals surface area (Å²) in [6.45, 7) is 2.28. The Morgan fingerprint density at radius 1 is 1.06 bits per heavy atom. The minimum Gasteiger partial charge on any atom is -0.492 e. The highest BCUT2D eigenvalue weighted by Gasteiger charge is 2.35. The van der Waals surface area contributed by atoms with E-state index < -0.39 is 0 Å². The van der Waals surface area contributed by atoms with Gasteiger partial charge in [0.1, 0.15) is 12.4 Å². The third-order valence-electron chi connectivity index (χ3n) is 6.63. The average Bonchev–Trinajstić information content (AvgIpc) is 2.80. The zero-order valence-electron chi connectivity index (χ0n) is 18.4. The zero-order valence-corrected chi connectivity index (χ0v) is 19.2. The molecule has 0 bridgehead atoms. The van der Waals surface area contributed by atoms with Crippen molar-refractivity contribution in [2.24, 2.45) is 5.92 Å². The van der Waals surface area contributed by atoms with Crippen LogP contribution in [-0.4, -0.2) is 43.6 Å². The lowest BCUT2D eigenvalue weighted by Crippen LogP contribution is -2.51. The second-order valence-electron chi connectivity index (χ2n) is 8.93. The summed E-state index contributed by atoms with van der Waals surface area (Å²) in [5.74, 6) is 1.35. The van der Waals surface area contributed by atoms with E-state index in [0.717, 1.165) is 50.2 Å². The van der Waals surface area contributed by atoms with E-state index in [2.05, 4.69) is 41.1 Å². The van der Waals surface area contributed by atoms with E-state index in [1.807, 2.05) is 24.3 Å². The normalized spacial score (nSPS) is 19.3. The number of benzene rings is 2. The number of nitrogens with zero attached hydrogens (tertiary/aromatic N) is 2. The number of para-hydroxylation sites is 1. The number of fused-ring (bicyclic) bond motifs is 1. The van der Waals surface area contributed by atoms with Crippen LogP contribution in [0.3, 0.4) is 0 Å². The van der Waals surface area contributed by atoms with E-state index in [4.69, 9.17) is 16.3 Å². The van der Waals surface area contributed by atoms with Crippen LogP contribution >= 0.6 is 11.6 Å². The molecule has 2 aliphatic rings. The first kappa shape index (κ1) is 22.2. The molecule has 166 valence electrons. The largest absolute Gasteiger partial charge is 0.492 e. The molecule has 0 aromatic heterocycles. The number of likely N-dealkylation sites (N-methyl/N-ethyl adjacent to an activating group) is 1. The minimum absolute atomic E-state index is 0.181. The Morgan fingerprint density at radius 3 is 2.58 bits per heavy atom. The van der Waals surface area contributed by atoms with Gasteiger partial charge >= 0.3 is 0 Å². The number of carbonyl (C=O) groups excluding carboxylic acids is 1. The van der Waals surface area contributed by atoms with Crippen LogP contribution in [0.2, 0.25) is 5.02 Å². The molecule has 31 heavy (non-hydrogen) atoms. The van der Waals surface area contributed by atoms with Gasteiger partial charge in [-0.25, -0.2) is 0 Å². The zero-order chi connectivity index (χ0) is 21.6. The smallest absolute Gasteiger partial charge is 0.230 e. The maximum absolute atomic E-state index is 13.6. The lowest BCUT2D eigenvalue weighted by atomic mass is 9.86. The molecule has 0 saturated heterocycles. The van der Waals surface area contributed by atoms with E-state index in [1.165, 1.54) is 24.8 Å². The van der Waals surface area contributed by atoms with Crippen molar-refractivity contribution in [1.82, 2.24) is 4.90 Å². The number of anilines is 1. The van der Waals surface area contributed by atoms with Gasteiger partial charge in [-0.3, -0.25) is 4.79 Å². The first-order valence-electron chi connectivity index (χ1n) is 11.6.